The number of amides is 1. The number of carbonyl (C=O) groups is 1. The van der Waals surface area contributed by atoms with Crippen LogP contribution in [0, 0.1) is 0 Å². The molecule has 0 saturated heterocycles. The summed E-state index contributed by atoms with van der Waals surface area (Å²) in [4.78, 5) is 31.9. The number of nitrogens with one attached hydrogen (secondary N) is 1. The summed E-state index contributed by atoms with van der Waals surface area (Å²) in [5.74, 6) is 1.14. The van der Waals surface area contributed by atoms with Crippen LogP contribution in [0.15, 0.2) is 29.3 Å². The topological polar surface area (TPSA) is 82.5 Å². The van der Waals surface area contributed by atoms with Crippen molar-refractivity contribution >= 4 is 27.5 Å². The zero-order chi connectivity index (χ0) is 21.1. The number of nitrogens with zero attached hydrogens (tertiary/aromatic N) is 2. The van der Waals surface area contributed by atoms with Crippen molar-refractivity contribution in [3.05, 3.63) is 50.9 Å². The molecule has 30 heavy (non-hydrogen) atoms. The van der Waals surface area contributed by atoms with Crippen LogP contribution in [0.25, 0.3) is 10.2 Å². The molecular formula is C22H25N3O4S. The zero-order valence-corrected chi connectivity index (χ0v) is 18.0. The first-order valence-corrected chi connectivity index (χ1v) is 10.9. The average molecular weight is 428 g/mol. The zero-order valence-electron chi connectivity index (χ0n) is 17.2. The van der Waals surface area contributed by atoms with Crippen LogP contribution in [0.1, 0.15) is 35.3 Å². The first kappa shape index (κ1) is 20.4. The van der Waals surface area contributed by atoms with Gasteiger partial charge in [-0.2, -0.15) is 0 Å². The molecule has 4 rings (SSSR count). The Kier molecular flexibility index (Phi) is 6.03. The van der Waals surface area contributed by atoms with E-state index in [1.165, 1.54) is 16.9 Å². The van der Waals surface area contributed by atoms with Crippen LogP contribution in [0.4, 0.5) is 0 Å². The number of ether oxygens (including phenoxy) is 2. The lowest BCUT2D eigenvalue weighted by Crippen LogP contribution is -2.27. The third kappa shape index (κ3) is 4.05. The number of hydrogen-bond donors (Lipinski definition) is 1. The number of methoxy groups -OCH3 is 2. The van der Waals surface area contributed by atoms with Crippen LogP contribution in [-0.2, 0) is 30.7 Å². The Hall–Kier alpha value is -2.87. The van der Waals surface area contributed by atoms with E-state index in [1.807, 2.05) is 18.2 Å². The second kappa shape index (κ2) is 8.87. The Morgan fingerprint density at radius 3 is 2.80 bits per heavy atom. The summed E-state index contributed by atoms with van der Waals surface area (Å²) in [5.41, 5.74) is 2.05. The summed E-state index contributed by atoms with van der Waals surface area (Å²) in [5, 5.41) is 3.64. The molecule has 0 saturated carbocycles. The van der Waals surface area contributed by atoms with Gasteiger partial charge in [-0.3, -0.25) is 14.2 Å². The van der Waals surface area contributed by atoms with Crippen molar-refractivity contribution in [3.63, 3.8) is 0 Å². The molecule has 1 aromatic carbocycles. The van der Waals surface area contributed by atoms with Crippen molar-refractivity contribution in [2.24, 2.45) is 0 Å². The molecule has 1 amide bonds. The quantitative estimate of drug-likeness (QED) is 0.627. The number of rotatable bonds is 7. The Bertz CT molecular complexity index is 1140. The van der Waals surface area contributed by atoms with E-state index in [-0.39, 0.29) is 17.9 Å². The van der Waals surface area contributed by atoms with E-state index < -0.39 is 0 Å². The minimum absolute atomic E-state index is 0.0351. The smallest absolute Gasteiger partial charge is 0.262 e. The Balaban J connectivity index is 1.40. The summed E-state index contributed by atoms with van der Waals surface area (Å²) in [6, 6.07) is 5.52. The van der Waals surface area contributed by atoms with Gasteiger partial charge in [-0.15, -0.1) is 11.3 Å². The number of thiophene rings is 1. The van der Waals surface area contributed by atoms with Gasteiger partial charge >= 0.3 is 0 Å². The van der Waals surface area contributed by atoms with Crippen LogP contribution in [0.3, 0.4) is 0 Å². The molecule has 2 heterocycles. The summed E-state index contributed by atoms with van der Waals surface area (Å²) in [6.45, 7) is 0.688. The molecule has 0 fully saturated rings. The summed E-state index contributed by atoms with van der Waals surface area (Å²) >= 11 is 1.64. The molecule has 1 aliphatic carbocycles. The first-order valence-electron chi connectivity index (χ1n) is 10.1. The molecular weight excluding hydrogens is 402 g/mol. The third-order valence-electron chi connectivity index (χ3n) is 5.46. The molecule has 0 unspecified atom stereocenters. The molecule has 8 heteroatoms. The maximum atomic E-state index is 13.0. The fourth-order valence-electron chi connectivity index (χ4n) is 3.84. The fraction of sp³-hybridized carbons (Fsp3) is 0.409. The normalized spacial score (nSPS) is 13.1. The minimum Gasteiger partial charge on any atom is -0.493 e. The minimum atomic E-state index is -0.121. The van der Waals surface area contributed by atoms with Gasteiger partial charge in [-0.1, -0.05) is 6.07 Å². The number of fused-ring (bicyclic) bond motifs is 3. The molecule has 0 bridgehead atoms. The standard InChI is InChI=1S/C22H25N3O4S/c1-28-16-8-7-14(11-17(16)29-2)12-23-19(26)9-10-25-13-24-21-20(22(25)27)15-5-3-4-6-18(15)30-21/h7-8,11,13H,3-6,9-10,12H2,1-2H3,(H,23,26). The van der Waals surface area contributed by atoms with E-state index in [4.69, 9.17) is 9.47 Å². The van der Waals surface area contributed by atoms with Gasteiger partial charge in [-0.25, -0.2) is 4.98 Å². The molecule has 3 aromatic rings. The molecule has 158 valence electrons. The average Bonchev–Trinajstić information content (AvgIpc) is 3.16. The van der Waals surface area contributed by atoms with Gasteiger partial charge in [0.15, 0.2) is 11.5 Å². The van der Waals surface area contributed by atoms with Crippen molar-refractivity contribution in [1.82, 2.24) is 14.9 Å². The largest absolute Gasteiger partial charge is 0.493 e. The van der Waals surface area contributed by atoms with Gasteiger partial charge in [-0.05, 0) is 48.9 Å². The summed E-state index contributed by atoms with van der Waals surface area (Å²) in [6.07, 6.45) is 6.05. The van der Waals surface area contributed by atoms with Crippen molar-refractivity contribution in [3.8, 4) is 11.5 Å². The summed E-state index contributed by atoms with van der Waals surface area (Å²) < 4.78 is 12.1. The molecule has 0 aliphatic heterocycles. The monoisotopic (exact) mass is 427 g/mol. The lowest BCUT2D eigenvalue weighted by atomic mass is 9.97. The SMILES string of the molecule is COc1ccc(CNC(=O)CCn2cnc3sc4c(c3c2=O)CCCC4)cc1OC. The molecule has 2 aromatic heterocycles. The van der Waals surface area contributed by atoms with Crippen molar-refractivity contribution in [2.45, 2.75) is 45.2 Å². The Morgan fingerprint density at radius 1 is 1.20 bits per heavy atom. The second-order valence-electron chi connectivity index (χ2n) is 7.35. The van der Waals surface area contributed by atoms with E-state index in [9.17, 15) is 9.59 Å². The lowest BCUT2D eigenvalue weighted by Gasteiger charge is -2.11. The highest BCUT2D eigenvalue weighted by atomic mass is 32.1. The number of aromatic nitrogens is 2. The van der Waals surface area contributed by atoms with Gasteiger partial charge < -0.3 is 14.8 Å². The second-order valence-corrected chi connectivity index (χ2v) is 8.43. The molecule has 0 spiro atoms. The van der Waals surface area contributed by atoms with Crippen molar-refractivity contribution in [1.29, 1.82) is 0 Å². The van der Waals surface area contributed by atoms with E-state index in [0.717, 1.165) is 35.0 Å². The van der Waals surface area contributed by atoms with Crippen LogP contribution in [0.2, 0.25) is 0 Å². The predicted octanol–water partition coefficient (Wildman–Crippen LogP) is 3.06. The predicted molar refractivity (Wildman–Crippen MR) is 117 cm³/mol. The molecule has 7 nitrogen and oxygen atoms in total. The number of hydrogen-bond acceptors (Lipinski definition) is 6. The van der Waals surface area contributed by atoms with Gasteiger partial charge in [0.25, 0.3) is 5.56 Å². The third-order valence-corrected chi connectivity index (χ3v) is 6.66. The molecule has 1 aliphatic rings. The highest BCUT2D eigenvalue weighted by Gasteiger charge is 2.20. The van der Waals surface area contributed by atoms with Crippen molar-refractivity contribution in [2.75, 3.05) is 14.2 Å². The highest BCUT2D eigenvalue weighted by molar-refractivity contribution is 7.18. The van der Waals surface area contributed by atoms with Gasteiger partial charge in [0, 0.05) is 24.4 Å². The van der Waals surface area contributed by atoms with Crippen molar-refractivity contribution < 1.29 is 14.3 Å². The maximum Gasteiger partial charge on any atom is 0.262 e. The van der Waals surface area contributed by atoms with Gasteiger partial charge in [0.05, 0.1) is 25.9 Å². The van der Waals surface area contributed by atoms with Crippen LogP contribution < -0.4 is 20.3 Å². The molecule has 0 atom stereocenters. The number of carbonyl (C=O) groups excluding carboxylic acids is 1. The fourth-order valence-corrected chi connectivity index (χ4v) is 5.06. The molecule has 0 radical (unpaired) electrons. The first-order chi connectivity index (χ1) is 14.6. The van der Waals surface area contributed by atoms with E-state index in [1.54, 1.807) is 36.5 Å². The van der Waals surface area contributed by atoms with Crippen LogP contribution in [0.5, 0.6) is 11.5 Å². The maximum absolute atomic E-state index is 13.0. The van der Waals surface area contributed by atoms with E-state index in [2.05, 4.69) is 10.3 Å². The lowest BCUT2D eigenvalue weighted by molar-refractivity contribution is -0.121. The van der Waals surface area contributed by atoms with E-state index >= 15 is 0 Å². The van der Waals surface area contributed by atoms with Crippen LogP contribution in [-0.4, -0.2) is 29.7 Å². The highest BCUT2D eigenvalue weighted by Crippen LogP contribution is 2.33. The van der Waals surface area contributed by atoms with E-state index in [0.29, 0.717) is 24.6 Å². The Labute approximate surface area is 178 Å². The van der Waals surface area contributed by atoms with Gasteiger partial charge in [0.2, 0.25) is 5.91 Å². The number of aryl methyl sites for hydroxylation is 3. The Morgan fingerprint density at radius 2 is 2.00 bits per heavy atom. The summed E-state index contributed by atoms with van der Waals surface area (Å²) in [7, 11) is 3.16. The van der Waals surface area contributed by atoms with Crippen LogP contribution >= 0.6 is 11.3 Å². The van der Waals surface area contributed by atoms with Gasteiger partial charge in [0.1, 0.15) is 4.83 Å². The molecule has 1 N–H and O–H groups in total. The number of benzene rings is 1.